The van der Waals surface area contributed by atoms with Crippen LogP contribution in [0.25, 0.3) is 0 Å². The molecule has 3 nitrogen and oxygen atoms in total. The fourth-order valence-electron chi connectivity index (χ4n) is 2.25. The lowest BCUT2D eigenvalue weighted by atomic mass is 9.97. The number of ether oxygens (including phenoxy) is 1. The molecule has 0 radical (unpaired) electrons. The van der Waals surface area contributed by atoms with Crippen molar-refractivity contribution in [2.24, 2.45) is 5.92 Å². The first kappa shape index (κ1) is 15.4. The highest BCUT2D eigenvalue weighted by molar-refractivity contribution is 5.82. The van der Waals surface area contributed by atoms with Gasteiger partial charge in [-0.2, -0.15) is 0 Å². The van der Waals surface area contributed by atoms with Gasteiger partial charge >= 0.3 is 0 Å². The molecule has 0 saturated heterocycles. The Labute approximate surface area is 115 Å². The van der Waals surface area contributed by atoms with Crippen LogP contribution in [-0.2, 0) is 20.7 Å². The predicted molar refractivity (Wildman–Crippen MR) is 74.8 cm³/mol. The number of Topliss-reactive ketones (excluding diaryl/α,β-unsaturated/α-hetero) is 1. The van der Waals surface area contributed by atoms with Crippen molar-refractivity contribution in [3.05, 3.63) is 35.9 Å². The van der Waals surface area contributed by atoms with Crippen molar-refractivity contribution in [3.63, 3.8) is 0 Å². The molecule has 0 aliphatic heterocycles. The van der Waals surface area contributed by atoms with Gasteiger partial charge in [-0.25, -0.2) is 0 Å². The normalized spacial score (nSPS) is 17.5. The van der Waals surface area contributed by atoms with Gasteiger partial charge in [0.2, 0.25) is 0 Å². The lowest BCUT2D eigenvalue weighted by Crippen LogP contribution is -2.07. The largest absolute Gasteiger partial charge is 0.468 e. The molecule has 1 aliphatic rings. The Balaban J connectivity index is 0.000000312. The zero-order valence-electron chi connectivity index (χ0n) is 11.5. The molecule has 3 heteroatoms. The number of ketones is 1. The highest BCUT2D eigenvalue weighted by Crippen LogP contribution is 2.25. The number of hydrogen-bond donors (Lipinski definition) is 0. The lowest BCUT2D eigenvalue weighted by Gasteiger charge is -2.06. The van der Waals surface area contributed by atoms with Crippen molar-refractivity contribution in [1.29, 1.82) is 0 Å². The van der Waals surface area contributed by atoms with Gasteiger partial charge in [-0.3, -0.25) is 9.59 Å². The average Bonchev–Trinajstić information content (AvgIpc) is 2.85. The molecule has 1 unspecified atom stereocenters. The maximum absolute atomic E-state index is 11.4. The predicted octanol–water partition coefficient (Wildman–Crippen LogP) is 3.17. The lowest BCUT2D eigenvalue weighted by molar-refractivity contribution is -0.128. The molecule has 0 N–H and O–H groups in total. The van der Waals surface area contributed by atoms with E-state index in [0.717, 1.165) is 32.1 Å². The molecule has 0 bridgehead atoms. The summed E-state index contributed by atoms with van der Waals surface area (Å²) < 4.78 is 4.15. The van der Waals surface area contributed by atoms with Gasteiger partial charge in [0, 0.05) is 12.3 Å². The summed E-state index contributed by atoms with van der Waals surface area (Å²) in [5.41, 5.74) is 1.35. The summed E-state index contributed by atoms with van der Waals surface area (Å²) in [5, 5.41) is 0. The van der Waals surface area contributed by atoms with Crippen LogP contribution in [0.2, 0.25) is 0 Å². The molecule has 1 fully saturated rings. The van der Waals surface area contributed by atoms with Crippen LogP contribution in [0.5, 0.6) is 0 Å². The molecule has 1 aromatic rings. The minimum Gasteiger partial charge on any atom is -0.468 e. The van der Waals surface area contributed by atoms with Crippen molar-refractivity contribution in [3.8, 4) is 0 Å². The third kappa shape index (κ3) is 6.18. The van der Waals surface area contributed by atoms with Crippen LogP contribution in [0.1, 0.15) is 38.2 Å². The third-order valence-corrected chi connectivity index (χ3v) is 3.29. The van der Waals surface area contributed by atoms with E-state index < -0.39 is 0 Å². The highest BCUT2D eigenvalue weighted by Gasteiger charge is 2.23. The first-order valence-corrected chi connectivity index (χ1v) is 6.89. The van der Waals surface area contributed by atoms with E-state index in [4.69, 9.17) is 0 Å². The van der Waals surface area contributed by atoms with Gasteiger partial charge < -0.3 is 4.74 Å². The van der Waals surface area contributed by atoms with Crippen molar-refractivity contribution < 1.29 is 14.3 Å². The van der Waals surface area contributed by atoms with Gasteiger partial charge in [0.1, 0.15) is 5.78 Å². The van der Waals surface area contributed by atoms with Crippen LogP contribution >= 0.6 is 0 Å². The number of hydrogen-bond acceptors (Lipinski definition) is 3. The molecule has 1 aromatic carbocycles. The summed E-state index contributed by atoms with van der Waals surface area (Å²) in [6, 6.07) is 10.4. The van der Waals surface area contributed by atoms with Crippen molar-refractivity contribution in [1.82, 2.24) is 0 Å². The Morgan fingerprint density at radius 1 is 1.32 bits per heavy atom. The van der Waals surface area contributed by atoms with E-state index in [2.05, 4.69) is 29.0 Å². The fourth-order valence-corrected chi connectivity index (χ4v) is 2.25. The first-order valence-electron chi connectivity index (χ1n) is 6.89. The molecule has 2 rings (SSSR count). The number of carbonyl (C=O) groups excluding carboxylic acids is 2. The maximum atomic E-state index is 11.4. The Bertz CT molecular complexity index is 373. The minimum absolute atomic E-state index is 0.357. The zero-order chi connectivity index (χ0) is 13.9. The molecule has 1 saturated carbocycles. The molecule has 0 spiro atoms. The van der Waals surface area contributed by atoms with Crippen LogP contribution in [0.3, 0.4) is 0 Å². The van der Waals surface area contributed by atoms with E-state index in [1.165, 1.54) is 5.56 Å². The number of benzene rings is 1. The summed E-state index contributed by atoms with van der Waals surface area (Å²) >= 11 is 0. The van der Waals surface area contributed by atoms with Gasteiger partial charge in [-0.15, -0.1) is 0 Å². The van der Waals surface area contributed by atoms with Crippen LogP contribution in [0, 0.1) is 5.92 Å². The number of carbonyl (C=O) groups is 2. The monoisotopic (exact) mass is 262 g/mol. The molecule has 1 atom stereocenters. The van der Waals surface area contributed by atoms with Crippen molar-refractivity contribution in [2.75, 3.05) is 6.61 Å². The zero-order valence-corrected chi connectivity index (χ0v) is 11.5. The maximum Gasteiger partial charge on any atom is 0.293 e. The van der Waals surface area contributed by atoms with E-state index in [0.29, 0.717) is 24.8 Å². The second-order valence-corrected chi connectivity index (χ2v) is 4.63. The third-order valence-electron chi connectivity index (χ3n) is 3.29. The van der Waals surface area contributed by atoms with E-state index in [-0.39, 0.29) is 0 Å². The summed E-state index contributed by atoms with van der Waals surface area (Å²) in [5.74, 6) is 0.844. The molecule has 104 valence electrons. The summed E-state index contributed by atoms with van der Waals surface area (Å²) in [4.78, 5) is 20.6. The van der Waals surface area contributed by atoms with Gasteiger partial charge in [0.05, 0.1) is 6.61 Å². The SMILES string of the molecule is CCOC=O.O=C1CCCC1CCc1ccccc1. The van der Waals surface area contributed by atoms with Gasteiger partial charge in [0.15, 0.2) is 0 Å². The van der Waals surface area contributed by atoms with Gasteiger partial charge in [-0.05, 0) is 38.2 Å². The van der Waals surface area contributed by atoms with E-state index in [1.54, 1.807) is 6.92 Å². The van der Waals surface area contributed by atoms with Crippen molar-refractivity contribution >= 4 is 12.3 Å². The Hall–Kier alpha value is -1.64. The summed E-state index contributed by atoms with van der Waals surface area (Å²) in [6.45, 7) is 2.66. The molecule has 0 amide bonds. The summed E-state index contributed by atoms with van der Waals surface area (Å²) in [6.07, 6.45) is 5.14. The number of rotatable bonds is 5. The smallest absolute Gasteiger partial charge is 0.293 e. The topological polar surface area (TPSA) is 43.4 Å². The fraction of sp³-hybridized carbons (Fsp3) is 0.500. The van der Waals surface area contributed by atoms with Crippen LogP contribution < -0.4 is 0 Å². The van der Waals surface area contributed by atoms with Gasteiger partial charge in [-0.1, -0.05) is 30.3 Å². The second-order valence-electron chi connectivity index (χ2n) is 4.63. The average molecular weight is 262 g/mol. The molecule has 0 heterocycles. The first-order chi connectivity index (χ1) is 9.27. The standard InChI is InChI=1S/C13H16O.C3H6O2/c14-13-8-4-7-12(13)10-9-11-5-2-1-3-6-11;1-2-5-3-4/h1-3,5-6,12H,4,7-10H2;3H,2H2,1H3. The van der Waals surface area contributed by atoms with E-state index >= 15 is 0 Å². The second kappa shape index (κ2) is 9.31. The van der Waals surface area contributed by atoms with E-state index in [1.807, 2.05) is 6.07 Å². The molecular weight excluding hydrogens is 240 g/mol. The molecule has 1 aliphatic carbocycles. The number of aryl methyl sites for hydroxylation is 1. The Morgan fingerprint density at radius 3 is 2.53 bits per heavy atom. The van der Waals surface area contributed by atoms with Crippen LogP contribution in [0.15, 0.2) is 30.3 Å². The minimum atomic E-state index is 0.357. The summed E-state index contributed by atoms with van der Waals surface area (Å²) in [7, 11) is 0. The Morgan fingerprint density at radius 2 is 2.05 bits per heavy atom. The molecule has 19 heavy (non-hydrogen) atoms. The quantitative estimate of drug-likeness (QED) is 0.765. The molecule has 0 aromatic heterocycles. The van der Waals surface area contributed by atoms with Crippen LogP contribution in [-0.4, -0.2) is 18.9 Å². The molecular formula is C16H22O3. The van der Waals surface area contributed by atoms with Crippen LogP contribution in [0.4, 0.5) is 0 Å². The highest BCUT2D eigenvalue weighted by atomic mass is 16.5. The van der Waals surface area contributed by atoms with Crippen molar-refractivity contribution in [2.45, 2.75) is 39.0 Å². The van der Waals surface area contributed by atoms with E-state index in [9.17, 15) is 9.59 Å². The van der Waals surface area contributed by atoms with Gasteiger partial charge in [0.25, 0.3) is 6.47 Å². The Kier molecular flexibility index (Phi) is 7.56.